The van der Waals surface area contributed by atoms with E-state index < -0.39 is 41.4 Å². The number of nitro groups is 1. The lowest BCUT2D eigenvalue weighted by atomic mass is 10.0. The Morgan fingerprint density at radius 3 is 2.48 bits per heavy atom. The van der Waals surface area contributed by atoms with Crippen molar-refractivity contribution in [3.05, 3.63) is 34.4 Å². The number of nitro benzene ring substituents is 1. The molecule has 0 bridgehead atoms. The van der Waals surface area contributed by atoms with Crippen LogP contribution in [0, 0.1) is 10.1 Å². The van der Waals surface area contributed by atoms with Gasteiger partial charge in [0.1, 0.15) is 29.9 Å². The normalized spacial score (nSPS) is 32.9. The number of hydrogen-bond acceptors (Lipinski definition) is 8. The Morgan fingerprint density at radius 2 is 1.86 bits per heavy atom. The van der Waals surface area contributed by atoms with Gasteiger partial charge in [0, 0.05) is 6.07 Å². The highest BCUT2D eigenvalue weighted by molar-refractivity contribution is 8.00. The minimum Gasteiger partial charge on any atom is -0.394 e. The van der Waals surface area contributed by atoms with Gasteiger partial charge in [0.05, 0.1) is 16.4 Å². The second-order valence-electron chi connectivity index (χ2n) is 4.54. The van der Waals surface area contributed by atoms with Crippen LogP contribution in [0.25, 0.3) is 0 Å². The maximum absolute atomic E-state index is 10.9. The van der Waals surface area contributed by atoms with E-state index in [1.165, 1.54) is 18.2 Å². The molecule has 0 aliphatic carbocycles. The van der Waals surface area contributed by atoms with Crippen molar-refractivity contribution in [3.8, 4) is 0 Å². The number of rotatable bonds is 4. The molecule has 0 spiro atoms. The monoisotopic (exact) mass is 317 g/mol. The molecular weight excluding hydrogens is 302 g/mol. The second-order valence-corrected chi connectivity index (χ2v) is 5.68. The maximum Gasteiger partial charge on any atom is 0.282 e. The molecule has 1 aromatic rings. The standard InChI is InChI=1S/C12H15NO7S/c14-5-7-9(15)10(16)11(17)12(20-7)21-8-4-2-1-3-6(8)13(18)19/h1-4,7,9-12,14-17H,5H2/t7-,9-,10+,11-,12-/m1/s1. The Bertz CT molecular complexity index is 512. The largest absolute Gasteiger partial charge is 0.394 e. The fourth-order valence-electron chi connectivity index (χ4n) is 2.00. The summed E-state index contributed by atoms with van der Waals surface area (Å²) in [7, 11) is 0. The van der Waals surface area contributed by atoms with Gasteiger partial charge in [-0.25, -0.2) is 0 Å². The van der Waals surface area contributed by atoms with Gasteiger partial charge in [-0.1, -0.05) is 23.9 Å². The van der Waals surface area contributed by atoms with Crippen LogP contribution < -0.4 is 0 Å². The van der Waals surface area contributed by atoms with E-state index in [-0.39, 0.29) is 10.6 Å². The third-order valence-electron chi connectivity index (χ3n) is 3.15. The van der Waals surface area contributed by atoms with E-state index in [4.69, 9.17) is 9.84 Å². The van der Waals surface area contributed by atoms with Crippen LogP contribution in [0.1, 0.15) is 0 Å². The van der Waals surface area contributed by atoms with Crippen LogP contribution in [0.15, 0.2) is 29.2 Å². The Balaban J connectivity index is 2.20. The quantitative estimate of drug-likeness (QED) is 0.431. The number of benzene rings is 1. The molecule has 8 nitrogen and oxygen atoms in total. The molecule has 2 rings (SSSR count). The molecule has 116 valence electrons. The molecule has 0 amide bonds. The van der Waals surface area contributed by atoms with E-state index in [2.05, 4.69) is 0 Å². The minimum absolute atomic E-state index is 0.153. The van der Waals surface area contributed by atoms with Crippen LogP contribution in [0.2, 0.25) is 0 Å². The summed E-state index contributed by atoms with van der Waals surface area (Å²) < 4.78 is 5.30. The predicted molar refractivity (Wildman–Crippen MR) is 72.7 cm³/mol. The smallest absolute Gasteiger partial charge is 0.282 e. The predicted octanol–water partition coefficient (Wildman–Crippen LogP) is -0.513. The lowest BCUT2D eigenvalue weighted by Crippen LogP contribution is -2.57. The Kier molecular flexibility index (Phi) is 5.14. The summed E-state index contributed by atoms with van der Waals surface area (Å²) in [4.78, 5) is 10.6. The van der Waals surface area contributed by atoms with Crippen LogP contribution in [-0.4, -0.2) is 61.8 Å². The van der Waals surface area contributed by atoms with Crippen LogP contribution in [0.4, 0.5) is 5.69 Å². The number of thioether (sulfide) groups is 1. The molecule has 21 heavy (non-hydrogen) atoms. The first-order valence-corrected chi connectivity index (χ1v) is 7.04. The molecule has 9 heteroatoms. The molecule has 0 saturated carbocycles. The van der Waals surface area contributed by atoms with Crippen molar-refractivity contribution in [2.75, 3.05) is 6.61 Å². The average molecular weight is 317 g/mol. The van der Waals surface area contributed by atoms with E-state index in [1.54, 1.807) is 6.07 Å². The molecule has 1 aliphatic heterocycles. The van der Waals surface area contributed by atoms with Gasteiger partial charge in [-0.3, -0.25) is 10.1 Å². The van der Waals surface area contributed by atoms with Crippen LogP contribution in [-0.2, 0) is 4.74 Å². The molecule has 1 heterocycles. The summed E-state index contributed by atoms with van der Waals surface area (Å²) in [5.74, 6) is 0. The van der Waals surface area contributed by atoms with E-state index in [0.29, 0.717) is 0 Å². The molecule has 0 aromatic heterocycles. The van der Waals surface area contributed by atoms with E-state index in [1.807, 2.05) is 0 Å². The molecule has 1 aromatic carbocycles. The lowest BCUT2D eigenvalue weighted by Gasteiger charge is -2.39. The lowest BCUT2D eigenvalue weighted by molar-refractivity contribution is -0.387. The van der Waals surface area contributed by atoms with Gasteiger partial charge < -0.3 is 25.2 Å². The van der Waals surface area contributed by atoms with Gasteiger partial charge >= 0.3 is 0 Å². The molecule has 1 saturated heterocycles. The Hall–Kier alpha value is -1.23. The van der Waals surface area contributed by atoms with Crippen molar-refractivity contribution in [3.63, 3.8) is 0 Å². The molecule has 4 N–H and O–H groups in total. The number of aliphatic hydroxyl groups is 4. The van der Waals surface area contributed by atoms with E-state index in [9.17, 15) is 25.4 Å². The summed E-state index contributed by atoms with van der Waals surface area (Å²) in [5, 5.41) is 49.3. The van der Waals surface area contributed by atoms with Crippen LogP contribution in [0.3, 0.4) is 0 Å². The summed E-state index contributed by atoms with van der Waals surface area (Å²) in [6, 6.07) is 5.91. The van der Waals surface area contributed by atoms with Crippen LogP contribution >= 0.6 is 11.8 Å². The van der Waals surface area contributed by atoms with E-state index >= 15 is 0 Å². The van der Waals surface area contributed by atoms with Crippen molar-refractivity contribution >= 4 is 17.4 Å². The zero-order valence-corrected chi connectivity index (χ0v) is 11.6. The maximum atomic E-state index is 10.9. The van der Waals surface area contributed by atoms with E-state index in [0.717, 1.165) is 11.8 Å². The molecule has 1 fully saturated rings. The SMILES string of the molecule is O=[N+]([O-])c1ccccc1S[C@H]1O[C@H](CO)[C@@H](O)[C@H](O)[C@H]1O. The molecule has 0 unspecified atom stereocenters. The van der Waals surface area contributed by atoms with Crippen molar-refractivity contribution in [2.45, 2.75) is 34.7 Å². The summed E-state index contributed by atoms with van der Waals surface area (Å²) in [6.07, 6.45) is -5.43. The molecule has 5 atom stereocenters. The Morgan fingerprint density at radius 1 is 1.19 bits per heavy atom. The van der Waals surface area contributed by atoms with Gasteiger partial charge in [0.25, 0.3) is 5.69 Å². The van der Waals surface area contributed by atoms with Gasteiger partial charge in [-0.15, -0.1) is 0 Å². The third kappa shape index (κ3) is 3.34. The number of aliphatic hydroxyl groups excluding tert-OH is 4. The first-order valence-electron chi connectivity index (χ1n) is 6.16. The van der Waals surface area contributed by atoms with Gasteiger partial charge in [0.2, 0.25) is 0 Å². The first kappa shape index (κ1) is 16.1. The Labute approximate surface area is 124 Å². The highest BCUT2D eigenvalue weighted by Crippen LogP contribution is 2.37. The number of ether oxygens (including phenoxy) is 1. The average Bonchev–Trinajstić information content (AvgIpc) is 2.48. The zero-order valence-electron chi connectivity index (χ0n) is 10.8. The van der Waals surface area contributed by atoms with Crippen molar-refractivity contribution in [1.82, 2.24) is 0 Å². The summed E-state index contributed by atoms with van der Waals surface area (Å²) in [6.45, 7) is -0.543. The van der Waals surface area contributed by atoms with Gasteiger partial charge in [-0.05, 0) is 6.07 Å². The number of para-hydroxylation sites is 1. The van der Waals surface area contributed by atoms with Crippen molar-refractivity contribution < 1.29 is 30.1 Å². The number of nitrogens with zero attached hydrogens (tertiary/aromatic N) is 1. The number of hydrogen-bond donors (Lipinski definition) is 4. The summed E-state index contributed by atoms with van der Waals surface area (Å²) >= 11 is 0.856. The highest BCUT2D eigenvalue weighted by Gasteiger charge is 2.44. The van der Waals surface area contributed by atoms with Crippen molar-refractivity contribution in [2.24, 2.45) is 0 Å². The zero-order chi connectivity index (χ0) is 15.6. The van der Waals surface area contributed by atoms with Crippen LogP contribution in [0.5, 0.6) is 0 Å². The highest BCUT2D eigenvalue weighted by atomic mass is 32.2. The minimum atomic E-state index is -1.50. The molecule has 0 radical (unpaired) electrons. The van der Waals surface area contributed by atoms with Gasteiger partial charge in [-0.2, -0.15) is 0 Å². The topological polar surface area (TPSA) is 133 Å². The van der Waals surface area contributed by atoms with Crippen molar-refractivity contribution in [1.29, 1.82) is 0 Å². The fourth-order valence-corrected chi connectivity index (χ4v) is 3.17. The summed E-state index contributed by atoms with van der Waals surface area (Å²) in [5.41, 5.74) is -1.19. The molecular formula is C12H15NO7S. The second kappa shape index (κ2) is 6.69. The first-order chi connectivity index (χ1) is 9.95. The van der Waals surface area contributed by atoms with Gasteiger partial charge in [0.15, 0.2) is 0 Å². The fraction of sp³-hybridized carbons (Fsp3) is 0.500. The molecule has 1 aliphatic rings. The third-order valence-corrected chi connectivity index (χ3v) is 4.37.